The van der Waals surface area contributed by atoms with E-state index < -0.39 is 0 Å². The maximum atomic E-state index is 7.29. The van der Waals surface area contributed by atoms with Crippen molar-refractivity contribution in [1.82, 2.24) is 0 Å². The molecule has 0 aromatic carbocycles. The summed E-state index contributed by atoms with van der Waals surface area (Å²) in [6, 6.07) is 13.8. The van der Waals surface area contributed by atoms with Gasteiger partial charge < -0.3 is 5.73 Å². The second-order valence-electron chi connectivity index (χ2n) is 2.98. The lowest BCUT2D eigenvalue weighted by Gasteiger charge is -1.86. The molecule has 0 atom stereocenters. The van der Waals surface area contributed by atoms with Gasteiger partial charge >= 0.3 is 0 Å². The lowest BCUT2D eigenvalue weighted by molar-refractivity contribution is 1.44. The minimum absolute atomic E-state index is 0.124. The van der Waals surface area contributed by atoms with Crippen LogP contribution in [0.1, 0.15) is 5.56 Å². The van der Waals surface area contributed by atoms with E-state index in [4.69, 9.17) is 11.1 Å². The molecular formula is C11H10N2. The van der Waals surface area contributed by atoms with Crippen LogP contribution in [-0.4, -0.2) is 5.84 Å². The molecular weight excluding hydrogens is 160 g/mol. The Balaban J connectivity index is 2.64. The lowest BCUT2D eigenvalue weighted by atomic mass is 10.2. The van der Waals surface area contributed by atoms with Crippen molar-refractivity contribution in [2.24, 2.45) is 5.73 Å². The van der Waals surface area contributed by atoms with E-state index in [1.54, 1.807) is 0 Å². The third-order valence-electron chi connectivity index (χ3n) is 2.04. The Morgan fingerprint density at radius 2 is 1.54 bits per heavy atom. The summed E-state index contributed by atoms with van der Waals surface area (Å²) < 4.78 is 0. The number of rotatable bonds is 1. The summed E-state index contributed by atoms with van der Waals surface area (Å²) in [5.74, 6) is 0.124. The van der Waals surface area contributed by atoms with Crippen LogP contribution in [0.4, 0.5) is 0 Å². The average molecular weight is 170 g/mol. The molecule has 0 saturated carbocycles. The molecule has 0 aromatic heterocycles. The standard InChI is InChI=1S/C11H10N2/c12-11(13)10-6-8-4-2-1-3-5-9(8)7-10/h1-7H,(H3,12,13). The molecule has 13 heavy (non-hydrogen) atoms. The Labute approximate surface area is 76.9 Å². The molecule has 0 bridgehead atoms. The zero-order valence-electron chi connectivity index (χ0n) is 7.12. The third-order valence-corrected chi connectivity index (χ3v) is 2.04. The molecule has 0 heterocycles. The molecule has 64 valence electrons. The van der Waals surface area contributed by atoms with E-state index in [9.17, 15) is 0 Å². The van der Waals surface area contributed by atoms with Crippen molar-refractivity contribution in [3.8, 4) is 11.1 Å². The van der Waals surface area contributed by atoms with Crippen molar-refractivity contribution >= 4 is 5.84 Å². The van der Waals surface area contributed by atoms with Gasteiger partial charge in [0.15, 0.2) is 0 Å². The van der Waals surface area contributed by atoms with Crippen molar-refractivity contribution in [3.05, 3.63) is 48.0 Å². The van der Waals surface area contributed by atoms with Gasteiger partial charge in [-0.1, -0.05) is 30.3 Å². The van der Waals surface area contributed by atoms with Crippen molar-refractivity contribution < 1.29 is 0 Å². The Morgan fingerprint density at radius 1 is 1.00 bits per heavy atom. The molecule has 2 rings (SSSR count). The van der Waals surface area contributed by atoms with Gasteiger partial charge in [0, 0.05) is 5.56 Å². The summed E-state index contributed by atoms with van der Waals surface area (Å²) in [6.07, 6.45) is 0. The molecule has 0 aliphatic heterocycles. The summed E-state index contributed by atoms with van der Waals surface area (Å²) in [5.41, 5.74) is 8.43. The Kier molecular flexibility index (Phi) is 1.74. The van der Waals surface area contributed by atoms with Gasteiger partial charge in [0.05, 0.1) is 0 Å². The van der Waals surface area contributed by atoms with Gasteiger partial charge in [0.2, 0.25) is 0 Å². The van der Waals surface area contributed by atoms with Crippen LogP contribution in [0.15, 0.2) is 42.5 Å². The topological polar surface area (TPSA) is 49.9 Å². The van der Waals surface area contributed by atoms with Crippen LogP contribution >= 0.6 is 0 Å². The van der Waals surface area contributed by atoms with E-state index in [-0.39, 0.29) is 5.84 Å². The van der Waals surface area contributed by atoms with Gasteiger partial charge in [-0.15, -0.1) is 0 Å². The first kappa shape index (κ1) is 7.80. The molecule has 2 aliphatic carbocycles. The molecule has 0 radical (unpaired) electrons. The van der Waals surface area contributed by atoms with Gasteiger partial charge in [-0.3, -0.25) is 5.41 Å². The molecule has 0 aromatic rings. The summed E-state index contributed by atoms with van der Waals surface area (Å²) in [5, 5.41) is 7.29. The summed E-state index contributed by atoms with van der Waals surface area (Å²) in [4.78, 5) is 0. The predicted molar refractivity (Wildman–Crippen MR) is 54.1 cm³/mol. The summed E-state index contributed by atoms with van der Waals surface area (Å²) >= 11 is 0. The highest BCUT2D eigenvalue weighted by atomic mass is 14.7. The van der Waals surface area contributed by atoms with E-state index in [1.807, 2.05) is 42.5 Å². The van der Waals surface area contributed by atoms with Gasteiger partial charge in [-0.2, -0.15) is 0 Å². The molecule has 0 amide bonds. The quantitative estimate of drug-likeness (QED) is 0.499. The smallest absolute Gasteiger partial charge is 0.122 e. The second-order valence-corrected chi connectivity index (χ2v) is 2.98. The maximum absolute atomic E-state index is 7.29. The van der Waals surface area contributed by atoms with Crippen LogP contribution in [0.25, 0.3) is 11.1 Å². The molecule has 0 spiro atoms. The molecule has 3 N–H and O–H groups in total. The number of nitrogens with one attached hydrogen (secondary N) is 1. The highest BCUT2D eigenvalue weighted by Gasteiger charge is 2.05. The zero-order chi connectivity index (χ0) is 9.26. The third kappa shape index (κ3) is 1.38. The fourth-order valence-electron chi connectivity index (χ4n) is 1.37. The first-order valence-corrected chi connectivity index (χ1v) is 4.10. The van der Waals surface area contributed by atoms with Gasteiger partial charge in [0.1, 0.15) is 5.84 Å². The molecule has 2 heteroatoms. The van der Waals surface area contributed by atoms with E-state index in [1.165, 1.54) is 0 Å². The molecule has 0 fully saturated rings. The van der Waals surface area contributed by atoms with Crippen LogP contribution in [-0.2, 0) is 0 Å². The molecule has 0 saturated heterocycles. The highest BCUT2D eigenvalue weighted by Crippen LogP contribution is 2.24. The van der Waals surface area contributed by atoms with Crippen molar-refractivity contribution in [2.75, 3.05) is 0 Å². The van der Waals surface area contributed by atoms with Crippen LogP contribution in [0.2, 0.25) is 0 Å². The fourth-order valence-corrected chi connectivity index (χ4v) is 1.37. The Hall–Kier alpha value is -1.83. The number of fused-ring (bicyclic) bond motifs is 1. The van der Waals surface area contributed by atoms with Crippen molar-refractivity contribution in [3.63, 3.8) is 0 Å². The SMILES string of the molecule is N=C(N)c1cc2cccccc-2c1. The van der Waals surface area contributed by atoms with Crippen molar-refractivity contribution in [1.29, 1.82) is 5.41 Å². The molecule has 2 nitrogen and oxygen atoms in total. The number of amidine groups is 1. The summed E-state index contributed by atoms with van der Waals surface area (Å²) in [7, 11) is 0. The van der Waals surface area contributed by atoms with Gasteiger partial charge in [0.25, 0.3) is 0 Å². The van der Waals surface area contributed by atoms with E-state index >= 15 is 0 Å². The Bertz CT molecular complexity index is 390. The van der Waals surface area contributed by atoms with Gasteiger partial charge in [-0.25, -0.2) is 0 Å². The maximum Gasteiger partial charge on any atom is 0.122 e. The first-order valence-electron chi connectivity index (χ1n) is 4.10. The predicted octanol–water partition coefficient (Wildman–Crippen LogP) is 2.08. The van der Waals surface area contributed by atoms with E-state index in [0.717, 1.165) is 16.7 Å². The zero-order valence-corrected chi connectivity index (χ0v) is 7.12. The minimum Gasteiger partial charge on any atom is -0.384 e. The largest absolute Gasteiger partial charge is 0.384 e. The van der Waals surface area contributed by atoms with Crippen LogP contribution in [0, 0.1) is 5.41 Å². The Morgan fingerprint density at radius 3 is 2.00 bits per heavy atom. The van der Waals surface area contributed by atoms with Crippen molar-refractivity contribution in [2.45, 2.75) is 0 Å². The van der Waals surface area contributed by atoms with Crippen LogP contribution < -0.4 is 5.73 Å². The number of hydrogen-bond acceptors (Lipinski definition) is 1. The van der Waals surface area contributed by atoms with E-state index in [2.05, 4.69) is 0 Å². The highest BCUT2D eigenvalue weighted by molar-refractivity contribution is 5.98. The number of hydrogen-bond donors (Lipinski definition) is 2. The fraction of sp³-hybridized carbons (Fsp3) is 0. The number of nitrogen functional groups attached to an aromatic ring is 1. The van der Waals surface area contributed by atoms with Gasteiger partial charge in [-0.05, 0) is 23.3 Å². The van der Waals surface area contributed by atoms with Crippen LogP contribution in [0.5, 0.6) is 0 Å². The first-order chi connectivity index (χ1) is 6.27. The second kappa shape index (κ2) is 2.90. The lowest BCUT2D eigenvalue weighted by Crippen LogP contribution is -2.09. The monoisotopic (exact) mass is 170 g/mol. The van der Waals surface area contributed by atoms with Crippen LogP contribution in [0.3, 0.4) is 0 Å². The average Bonchev–Trinajstić information content (AvgIpc) is 2.38. The summed E-state index contributed by atoms with van der Waals surface area (Å²) in [6.45, 7) is 0. The van der Waals surface area contributed by atoms with E-state index in [0.29, 0.717) is 0 Å². The minimum atomic E-state index is 0.124. The normalized spacial score (nSPS) is 10.2. The molecule has 2 aliphatic rings. The number of nitrogens with two attached hydrogens (primary N) is 1. The molecule has 0 unspecified atom stereocenters.